The van der Waals surface area contributed by atoms with Gasteiger partial charge in [-0.15, -0.1) is 12.4 Å². The molecule has 1 fully saturated rings. The Morgan fingerprint density at radius 2 is 1.86 bits per heavy atom. The van der Waals surface area contributed by atoms with Gasteiger partial charge in [0.2, 0.25) is 0 Å². The molecule has 1 saturated carbocycles. The topological polar surface area (TPSA) is 55.5 Å². The van der Waals surface area contributed by atoms with E-state index >= 15 is 0 Å². The predicted molar refractivity (Wildman–Crippen MR) is 80.1 cm³/mol. The van der Waals surface area contributed by atoms with Crippen molar-refractivity contribution in [3.63, 3.8) is 0 Å². The Morgan fingerprint density at radius 1 is 1.27 bits per heavy atom. The summed E-state index contributed by atoms with van der Waals surface area (Å²) in [6.45, 7) is 0. The molecule has 0 spiro atoms. The molecule has 22 heavy (non-hydrogen) atoms. The number of hydrogen-bond donors (Lipinski definition) is 2. The van der Waals surface area contributed by atoms with Crippen molar-refractivity contribution in [1.82, 2.24) is 0 Å². The quantitative estimate of drug-likeness (QED) is 0.879. The number of nitrogens with two attached hydrogens (primary N) is 1. The van der Waals surface area contributed by atoms with Crippen molar-refractivity contribution >= 4 is 12.4 Å². The molecule has 2 rings (SSSR count). The average molecular weight is 340 g/mol. The Hall–Kier alpha value is -0.980. The average Bonchev–Trinajstić information content (AvgIpc) is 2.98. The third kappa shape index (κ3) is 4.06. The van der Waals surface area contributed by atoms with Crippen molar-refractivity contribution in [1.29, 1.82) is 0 Å². The van der Waals surface area contributed by atoms with Gasteiger partial charge in [-0.3, -0.25) is 0 Å². The number of halogens is 4. The summed E-state index contributed by atoms with van der Waals surface area (Å²) >= 11 is 0. The highest BCUT2D eigenvalue weighted by Gasteiger charge is 2.34. The summed E-state index contributed by atoms with van der Waals surface area (Å²) in [6, 6.07) is 2.45. The first kappa shape index (κ1) is 19.1. The molecule has 0 amide bonds. The van der Waals surface area contributed by atoms with Gasteiger partial charge in [0.05, 0.1) is 24.8 Å². The summed E-state index contributed by atoms with van der Waals surface area (Å²) in [6.07, 6.45) is -1.29. The van der Waals surface area contributed by atoms with E-state index in [0.29, 0.717) is 5.56 Å². The van der Waals surface area contributed by atoms with Crippen molar-refractivity contribution in [2.24, 2.45) is 11.7 Å². The van der Waals surface area contributed by atoms with Gasteiger partial charge in [0.1, 0.15) is 5.75 Å². The van der Waals surface area contributed by atoms with Crippen molar-refractivity contribution in [3.8, 4) is 5.75 Å². The Bertz CT molecular complexity index is 490. The first-order valence-electron chi connectivity index (χ1n) is 7.03. The number of alkyl halides is 3. The van der Waals surface area contributed by atoms with E-state index in [1.165, 1.54) is 13.2 Å². The highest BCUT2D eigenvalue weighted by molar-refractivity contribution is 5.85. The van der Waals surface area contributed by atoms with E-state index in [0.717, 1.165) is 37.8 Å². The lowest BCUT2D eigenvalue weighted by Gasteiger charge is -2.26. The van der Waals surface area contributed by atoms with Gasteiger partial charge in [-0.2, -0.15) is 13.2 Å². The number of aliphatic hydroxyl groups excluding tert-OH is 1. The maximum atomic E-state index is 12.7. The van der Waals surface area contributed by atoms with Gasteiger partial charge in [-0.25, -0.2) is 0 Å². The maximum Gasteiger partial charge on any atom is 0.416 e. The highest BCUT2D eigenvalue weighted by atomic mass is 35.5. The predicted octanol–water partition coefficient (Wildman–Crippen LogP) is 3.69. The maximum absolute atomic E-state index is 12.7. The molecule has 0 radical (unpaired) electrons. The zero-order chi connectivity index (χ0) is 15.6. The van der Waals surface area contributed by atoms with Crippen molar-refractivity contribution < 1.29 is 23.0 Å². The zero-order valence-electron chi connectivity index (χ0n) is 12.3. The summed E-state index contributed by atoms with van der Waals surface area (Å²) in [7, 11) is 1.30. The highest BCUT2D eigenvalue weighted by Crippen LogP contribution is 2.38. The molecule has 7 heteroatoms. The Labute approximate surface area is 134 Å². The van der Waals surface area contributed by atoms with Crippen LogP contribution in [0.5, 0.6) is 5.75 Å². The van der Waals surface area contributed by atoms with E-state index in [9.17, 15) is 18.3 Å². The molecule has 0 saturated heterocycles. The molecule has 0 aromatic heterocycles. The normalized spacial score (nSPS) is 18.6. The van der Waals surface area contributed by atoms with Crippen LogP contribution in [0.4, 0.5) is 13.2 Å². The van der Waals surface area contributed by atoms with Crippen LogP contribution in [-0.2, 0) is 6.18 Å². The summed E-state index contributed by atoms with van der Waals surface area (Å²) < 4.78 is 43.1. The standard InChI is InChI=1S/C15H20F3NO2.ClH/c1-21-12-8-10(15(16,17)18)6-7-11(12)13(19)14(20)9-4-2-3-5-9;/h6-9,13-14,20H,2-5,19H2,1H3;1H/t13-,14+;/m0./s1. The Kier molecular flexibility index (Phi) is 6.52. The molecule has 1 aliphatic carbocycles. The van der Waals surface area contributed by atoms with Crippen LogP contribution in [0.25, 0.3) is 0 Å². The van der Waals surface area contributed by atoms with Crippen LogP contribution in [-0.4, -0.2) is 18.3 Å². The first-order chi connectivity index (χ1) is 9.84. The summed E-state index contributed by atoms with van der Waals surface area (Å²) in [5.74, 6) is 0.168. The van der Waals surface area contributed by atoms with Crippen LogP contribution in [0.2, 0.25) is 0 Å². The number of methoxy groups -OCH3 is 1. The number of rotatable bonds is 4. The van der Waals surface area contributed by atoms with Gasteiger partial charge in [0.25, 0.3) is 0 Å². The van der Waals surface area contributed by atoms with Crippen LogP contribution in [0.15, 0.2) is 18.2 Å². The van der Waals surface area contributed by atoms with Crippen LogP contribution < -0.4 is 10.5 Å². The molecular weight excluding hydrogens is 319 g/mol. The number of benzene rings is 1. The van der Waals surface area contributed by atoms with E-state index in [1.807, 2.05) is 0 Å². The molecule has 0 aliphatic heterocycles. The molecule has 3 N–H and O–H groups in total. The lowest BCUT2D eigenvalue weighted by Crippen LogP contribution is -2.32. The molecule has 3 nitrogen and oxygen atoms in total. The molecule has 126 valence electrons. The van der Waals surface area contributed by atoms with Gasteiger partial charge >= 0.3 is 6.18 Å². The monoisotopic (exact) mass is 339 g/mol. The molecular formula is C15H21ClF3NO2. The third-order valence-corrected chi connectivity index (χ3v) is 4.17. The summed E-state index contributed by atoms with van der Waals surface area (Å²) in [5, 5.41) is 10.3. The van der Waals surface area contributed by atoms with E-state index in [-0.39, 0.29) is 24.1 Å². The minimum absolute atomic E-state index is 0. The summed E-state index contributed by atoms with van der Waals surface area (Å²) in [4.78, 5) is 0. The largest absolute Gasteiger partial charge is 0.496 e. The second-order valence-corrected chi connectivity index (χ2v) is 5.52. The summed E-state index contributed by atoms with van der Waals surface area (Å²) in [5.41, 5.74) is 5.66. The lowest BCUT2D eigenvalue weighted by molar-refractivity contribution is -0.137. The second kappa shape index (κ2) is 7.53. The van der Waals surface area contributed by atoms with Crippen LogP contribution in [0.3, 0.4) is 0 Å². The van der Waals surface area contributed by atoms with Crippen molar-refractivity contribution in [2.45, 2.75) is 44.0 Å². The molecule has 0 unspecified atom stereocenters. The minimum Gasteiger partial charge on any atom is -0.496 e. The zero-order valence-corrected chi connectivity index (χ0v) is 13.1. The van der Waals surface area contributed by atoms with E-state index < -0.39 is 23.9 Å². The van der Waals surface area contributed by atoms with Gasteiger partial charge in [0, 0.05) is 5.56 Å². The number of ether oxygens (including phenoxy) is 1. The van der Waals surface area contributed by atoms with Crippen LogP contribution >= 0.6 is 12.4 Å². The Balaban J connectivity index is 0.00000242. The van der Waals surface area contributed by atoms with Crippen molar-refractivity contribution in [2.75, 3.05) is 7.11 Å². The number of aliphatic hydroxyl groups is 1. The molecule has 1 aromatic carbocycles. The van der Waals surface area contributed by atoms with E-state index in [4.69, 9.17) is 10.5 Å². The fourth-order valence-corrected chi connectivity index (χ4v) is 2.94. The van der Waals surface area contributed by atoms with Crippen LogP contribution in [0.1, 0.15) is 42.9 Å². The smallest absolute Gasteiger partial charge is 0.416 e. The number of hydrogen-bond acceptors (Lipinski definition) is 3. The third-order valence-electron chi connectivity index (χ3n) is 4.17. The van der Waals surface area contributed by atoms with Crippen LogP contribution in [0, 0.1) is 5.92 Å². The fraction of sp³-hybridized carbons (Fsp3) is 0.600. The first-order valence-corrected chi connectivity index (χ1v) is 7.03. The molecule has 0 bridgehead atoms. The van der Waals surface area contributed by atoms with Crippen molar-refractivity contribution in [3.05, 3.63) is 29.3 Å². The van der Waals surface area contributed by atoms with E-state index in [1.54, 1.807) is 0 Å². The van der Waals surface area contributed by atoms with E-state index in [2.05, 4.69) is 0 Å². The molecule has 1 aromatic rings. The van der Waals surface area contributed by atoms with Gasteiger partial charge in [0.15, 0.2) is 0 Å². The Morgan fingerprint density at radius 3 is 2.36 bits per heavy atom. The SMILES string of the molecule is COc1cc(C(F)(F)F)ccc1[C@H](N)[C@H](O)C1CCCC1.Cl. The molecule has 0 heterocycles. The van der Waals surface area contributed by atoms with Gasteiger partial charge < -0.3 is 15.6 Å². The fourth-order valence-electron chi connectivity index (χ4n) is 2.94. The second-order valence-electron chi connectivity index (χ2n) is 5.52. The lowest BCUT2D eigenvalue weighted by atomic mass is 9.90. The van der Waals surface area contributed by atoms with Gasteiger partial charge in [-0.05, 0) is 30.9 Å². The molecule has 1 aliphatic rings. The minimum atomic E-state index is -4.43. The van der Waals surface area contributed by atoms with Gasteiger partial charge in [-0.1, -0.05) is 18.9 Å². The molecule has 2 atom stereocenters.